The second-order valence-corrected chi connectivity index (χ2v) is 6.02. The van der Waals surface area contributed by atoms with Crippen LogP contribution in [-0.4, -0.2) is 35.8 Å². The third-order valence-electron chi connectivity index (χ3n) is 4.02. The molecule has 1 aromatic heterocycles. The maximum absolute atomic E-state index is 12.4. The van der Waals surface area contributed by atoms with E-state index in [-0.39, 0.29) is 24.8 Å². The number of carbonyl (C=O) groups is 3. The van der Waals surface area contributed by atoms with Crippen LogP contribution in [0.2, 0.25) is 0 Å². The molecule has 136 valence electrons. The lowest BCUT2D eigenvalue weighted by molar-refractivity contribution is -0.128. The van der Waals surface area contributed by atoms with Crippen molar-refractivity contribution >= 4 is 23.4 Å². The quantitative estimate of drug-likeness (QED) is 0.771. The van der Waals surface area contributed by atoms with Crippen molar-refractivity contribution in [1.29, 1.82) is 0 Å². The van der Waals surface area contributed by atoms with Gasteiger partial charge in [-0.3, -0.25) is 14.4 Å². The van der Waals surface area contributed by atoms with Gasteiger partial charge in [-0.25, -0.2) is 0 Å². The van der Waals surface area contributed by atoms with Crippen molar-refractivity contribution in [3.8, 4) is 5.75 Å². The fraction of sp³-hybridized carbons (Fsp3) is 0.278. The zero-order chi connectivity index (χ0) is 18.5. The average molecular weight is 357 g/mol. The van der Waals surface area contributed by atoms with Crippen molar-refractivity contribution in [3.05, 3.63) is 48.4 Å². The number of ether oxygens (including phenoxy) is 1. The molecule has 1 aromatic carbocycles. The van der Waals surface area contributed by atoms with Gasteiger partial charge in [0.15, 0.2) is 6.61 Å². The minimum Gasteiger partial charge on any atom is -0.484 e. The summed E-state index contributed by atoms with van der Waals surface area (Å²) in [6.07, 6.45) is 1.73. The molecule has 2 heterocycles. The molecule has 1 atom stereocenters. The van der Waals surface area contributed by atoms with E-state index in [0.29, 0.717) is 30.3 Å². The molecule has 0 spiro atoms. The van der Waals surface area contributed by atoms with Gasteiger partial charge in [0, 0.05) is 18.7 Å². The molecular weight excluding hydrogens is 338 g/mol. The van der Waals surface area contributed by atoms with Crippen molar-refractivity contribution < 1.29 is 23.5 Å². The van der Waals surface area contributed by atoms with Gasteiger partial charge in [-0.15, -0.1) is 0 Å². The van der Waals surface area contributed by atoms with Crippen LogP contribution in [0.1, 0.15) is 12.2 Å². The summed E-state index contributed by atoms with van der Waals surface area (Å²) in [7, 11) is 0. The smallest absolute Gasteiger partial charge is 0.255 e. The van der Waals surface area contributed by atoms with Gasteiger partial charge < -0.3 is 25.1 Å². The van der Waals surface area contributed by atoms with Crippen LogP contribution < -0.4 is 15.8 Å². The van der Waals surface area contributed by atoms with Gasteiger partial charge >= 0.3 is 0 Å². The summed E-state index contributed by atoms with van der Waals surface area (Å²) >= 11 is 0. The van der Waals surface area contributed by atoms with Crippen LogP contribution in [0.4, 0.5) is 5.69 Å². The van der Waals surface area contributed by atoms with E-state index in [1.54, 1.807) is 47.6 Å². The molecule has 0 aliphatic carbocycles. The zero-order valence-corrected chi connectivity index (χ0v) is 14.0. The molecule has 26 heavy (non-hydrogen) atoms. The zero-order valence-electron chi connectivity index (χ0n) is 14.0. The summed E-state index contributed by atoms with van der Waals surface area (Å²) in [5, 5.41) is 2.79. The highest BCUT2D eigenvalue weighted by Gasteiger charge is 2.34. The van der Waals surface area contributed by atoms with Gasteiger partial charge in [0.05, 0.1) is 18.7 Å². The second kappa shape index (κ2) is 7.73. The molecule has 0 bridgehead atoms. The van der Waals surface area contributed by atoms with Gasteiger partial charge in [-0.2, -0.15) is 0 Å². The Labute approximate surface area is 149 Å². The van der Waals surface area contributed by atoms with E-state index in [4.69, 9.17) is 14.9 Å². The molecule has 1 aliphatic rings. The Morgan fingerprint density at radius 2 is 2.04 bits per heavy atom. The summed E-state index contributed by atoms with van der Waals surface area (Å²) in [6, 6.07) is 10.1. The number of carbonyl (C=O) groups excluding carboxylic acids is 3. The highest BCUT2D eigenvalue weighted by Crippen LogP contribution is 2.23. The number of likely N-dealkylation sites (tertiary alicyclic amines) is 1. The van der Waals surface area contributed by atoms with Gasteiger partial charge in [-0.05, 0) is 36.4 Å². The lowest BCUT2D eigenvalue weighted by atomic mass is 10.1. The summed E-state index contributed by atoms with van der Waals surface area (Å²) in [4.78, 5) is 36.8. The normalized spacial score (nSPS) is 16.5. The number of primary amides is 1. The number of nitrogens with two attached hydrogens (primary N) is 1. The first-order valence-corrected chi connectivity index (χ1v) is 8.13. The van der Waals surface area contributed by atoms with Crippen LogP contribution in [0.3, 0.4) is 0 Å². The topological polar surface area (TPSA) is 115 Å². The lowest BCUT2D eigenvalue weighted by Gasteiger charge is -2.15. The molecule has 3 rings (SSSR count). The van der Waals surface area contributed by atoms with E-state index >= 15 is 0 Å². The van der Waals surface area contributed by atoms with E-state index in [0.717, 1.165) is 0 Å². The molecule has 1 aliphatic heterocycles. The Kier molecular flexibility index (Phi) is 5.21. The van der Waals surface area contributed by atoms with Crippen molar-refractivity contribution in [2.45, 2.75) is 13.0 Å². The van der Waals surface area contributed by atoms with E-state index in [9.17, 15) is 14.4 Å². The third-order valence-corrected chi connectivity index (χ3v) is 4.02. The summed E-state index contributed by atoms with van der Waals surface area (Å²) in [5.74, 6) is -0.105. The fourth-order valence-corrected chi connectivity index (χ4v) is 2.72. The first-order valence-electron chi connectivity index (χ1n) is 8.13. The van der Waals surface area contributed by atoms with Gasteiger partial charge in [0.2, 0.25) is 11.8 Å². The van der Waals surface area contributed by atoms with Crippen LogP contribution in [0, 0.1) is 5.92 Å². The number of benzene rings is 1. The monoisotopic (exact) mass is 357 g/mol. The Hall–Kier alpha value is -3.29. The third kappa shape index (κ3) is 4.41. The van der Waals surface area contributed by atoms with Crippen LogP contribution in [-0.2, 0) is 20.9 Å². The number of hydrogen-bond donors (Lipinski definition) is 2. The first kappa shape index (κ1) is 17.5. The minimum absolute atomic E-state index is 0.0725. The number of hydrogen-bond acceptors (Lipinski definition) is 5. The van der Waals surface area contributed by atoms with Crippen molar-refractivity contribution in [1.82, 2.24) is 4.90 Å². The van der Waals surface area contributed by atoms with Gasteiger partial charge in [0.1, 0.15) is 11.5 Å². The molecule has 3 amide bonds. The fourth-order valence-electron chi connectivity index (χ4n) is 2.72. The van der Waals surface area contributed by atoms with Crippen molar-refractivity contribution in [2.24, 2.45) is 11.7 Å². The SMILES string of the molecule is NC(=O)COc1ccc(NC(=O)[C@H]2CC(=O)N(Cc3ccco3)C2)cc1. The predicted octanol–water partition coefficient (Wildman–Crippen LogP) is 1.13. The number of anilines is 1. The number of furan rings is 1. The van der Waals surface area contributed by atoms with Gasteiger partial charge in [0.25, 0.3) is 5.91 Å². The Morgan fingerprint density at radius 1 is 1.27 bits per heavy atom. The van der Waals surface area contributed by atoms with Crippen LogP contribution in [0.5, 0.6) is 5.75 Å². The minimum atomic E-state index is -0.563. The first-order chi connectivity index (χ1) is 12.5. The Bertz CT molecular complexity index is 786. The average Bonchev–Trinajstić information content (AvgIpc) is 3.25. The number of rotatable bonds is 7. The lowest BCUT2D eigenvalue weighted by Crippen LogP contribution is -2.27. The summed E-state index contributed by atoms with van der Waals surface area (Å²) in [5.41, 5.74) is 5.59. The Morgan fingerprint density at radius 3 is 2.69 bits per heavy atom. The van der Waals surface area contributed by atoms with Crippen LogP contribution >= 0.6 is 0 Å². The van der Waals surface area contributed by atoms with Crippen LogP contribution in [0.15, 0.2) is 47.1 Å². The number of nitrogens with zero attached hydrogens (tertiary/aromatic N) is 1. The maximum atomic E-state index is 12.4. The molecule has 0 saturated carbocycles. The molecule has 0 unspecified atom stereocenters. The van der Waals surface area contributed by atoms with Gasteiger partial charge in [-0.1, -0.05) is 0 Å². The predicted molar refractivity (Wildman–Crippen MR) is 92.0 cm³/mol. The largest absolute Gasteiger partial charge is 0.484 e. The van der Waals surface area contributed by atoms with Crippen molar-refractivity contribution in [3.63, 3.8) is 0 Å². The van der Waals surface area contributed by atoms with E-state index < -0.39 is 11.8 Å². The van der Waals surface area contributed by atoms with E-state index in [2.05, 4.69) is 5.32 Å². The maximum Gasteiger partial charge on any atom is 0.255 e. The summed E-state index contributed by atoms with van der Waals surface area (Å²) < 4.78 is 10.4. The molecule has 0 radical (unpaired) electrons. The summed E-state index contributed by atoms with van der Waals surface area (Å²) in [6.45, 7) is 0.508. The molecule has 3 N–H and O–H groups in total. The molecule has 8 nitrogen and oxygen atoms in total. The van der Waals surface area contributed by atoms with E-state index in [1.165, 1.54) is 0 Å². The Balaban J connectivity index is 1.53. The molecule has 1 fully saturated rings. The molecule has 8 heteroatoms. The number of amides is 3. The second-order valence-electron chi connectivity index (χ2n) is 6.02. The number of nitrogens with one attached hydrogen (secondary N) is 1. The standard InChI is InChI=1S/C18H19N3O5/c19-16(22)11-26-14-5-3-13(4-6-14)20-18(24)12-8-17(23)21(9-12)10-15-2-1-7-25-15/h1-7,12H,8-11H2,(H2,19,22)(H,20,24)/t12-/m0/s1. The molecular formula is C18H19N3O5. The molecule has 1 saturated heterocycles. The van der Waals surface area contributed by atoms with E-state index in [1.807, 2.05) is 0 Å². The van der Waals surface area contributed by atoms with Crippen molar-refractivity contribution in [2.75, 3.05) is 18.5 Å². The highest BCUT2D eigenvalue weighted by atomic mass is 16.5. The van der Waals surface area contributed by atoms with Crippen LogP contribution in [0.25, 0.3) is 0 Å². The molecule has 2 aromatic rings. The highest BCUT2D eigenvalue weighted by molar-refractivity contribution is 5.97.